The number of esters is 1. The highest BCUT2D eigenvalue weighted by molar-refractivity contribution is 9.10. The molecule has 0 saturated heterocycles. The van der Waals surface area contributed by atoms with Crippen LogP contribution in [-0.2, 0) is 4.74 Å². The first-order chi connectivity index (χ1) is 6.72. The highest BCUT2D eigenvalue weighted by Crippen LogP contribution is 2.19. The van der Waals surface area contributed by atoms with Gasteiger partial charge in [0.2, 0.25) is 0 Å². The smallest absolute Gasteiger partial charge is 0.348 e. The summed E-state index contributed by atoms with van der Waals surface area (Å²) in [5.74, 6) is -1.11. The Morgan fingerprint density at radius 2 is 2.90 bits per heavy atom. The van der Waals surface area contributed by atoms with Gasteiger partial charge in [0.1, 0.15) is 4.88 Å². The van der Waals surface area contributed by atoms with Crippen molar-refractivity contribution in [2.24, 2.45) is 0 Å². The molecule has 2 nitrogen and oxygen atoms in total. The first kappa shape index (κ1) is 3.36. The zero-order chi connectivity index (χ0) is 11.8. The van der Waals surface area contributed by atoms with Crippen LogP contribution in [0.2, 0.25) is 0 Å². The van der Waals surface area contributed by atoms with E-state index in [9.17, 15) is 4.79 Å². The summed E-state index contributed by atoms with van der Waals surface area (Å²) in [5, 5.41) is -0.0162. The molecule has 0 N–H and O–H groups in total. The SMILES string of the molecule is [2H]c1sc(C(=O)OC([2H])([2H])[2H])c([2H])c1Br. The fourth-order valence-electron chi connectivity index (χ4n) is 0.386. The summed E-state index contributed by atoms with van der Waals surface area (Å²) in [6.07, 6.45) is 0. The summed E-state index contributed by atoms with van der Waals surface area (Å²) in [5.41, 5.74) is 0. The second-order valence-electron chi connectivity index (χ2n) is 1.36. The summed E-state index contributed by atoms with van der Waals surface area (Å²) in [6, 6.07) is -0.223. The van der Waals surface area contributed by atoms with Gasteiger partial charge in [-0.1, -0.05) is 0 Å². The largest absolute Gasteiger partial charge is 0.465 e. The lowest BCUT2D eigenvalue weighted by Gasteiger charge is -1.90. The molecule has 0 aromatic carbocycles. The second-order valence-corrected chi connectivity index (χ2v) is 2.97. The van der Waals surface area contributed by atoms with E-state index in [1.54, 1.807) is 0 Å². The minimum atomic E-state index is -2.83. The molecule has 0 radical (unpaired) electrons. The molecule has 54 valence electrons. The number of hydrogen-bond donors (Lipinski definition) is 0. The molecule has 0 fully saturated rings. The van der Waals surface area contributed by atoms with Crippen LogP contribution in [0.1, 0.15) is 16.5 Å². The Bertz CT molecular complexity index is 399. The van der Waals surface area contributed by atoms with Crippen LogP contribution in [0.15, 0.2) is 15.9 Å². The van der Waals surface area contributed by atoms with Crippen LogP contribution >= 0.6 is 27.3 Å². The van der Waals surface area contributed by atoms with Gasteiger partial charge in [0.05, 0.1) is 13.9 Å². The highest BCUT2D eigenvalue weighted by Gasteiger charge is 2.06. The van der Waals surface area contributed by atoms with Crippen molar-refractivity contribution >= 4 is 33.2 Å². The maximum atomic E-state index is 11.3. The van der Waals surface area contributed by atoms with E-state index in [-0.39, 0.29) is 20.7 Å². The van der Waals surface area contributed by atoms with Gasteiger partial charge in [-0.3, -0.25) is 0 Å². The standard InChI is InChI=1S/C6H5BrO2S/c1-9-6(8)5-2-4(7)3-10-5/h2-3H,1H3/i1D3,2D,3D. The van der Waals surface area contributed by atoms with Gasteiger partial charge in [-0.25, -0.2) is 4.79 Å². The van der Waals surface area contributed by atoms with Gasteiger partial charge in [-0.2, -0.15) is 0 Å². The van der Waals surface area contributed by atoms with Crippen molar-refractivity contribution in [1.29, 1.82) is 0 Å². The molecule has 1 aromatic rings. The molecule has 0 aliphatic carbocycles. The summed E-state index contributed by atoms with van der Waals surface area (Å²) in [6.45, 7) is 0. The molecule has 4 heteroatoms. The van der Waals surface area contributed by atoms with Crippen molar-refractivity contribution in [1.82, 2.24) is 0 Å². The Labute approximate surface area is 78.0 Å². The normalized spacial score (nSPS) is 17.9. The predicted molar refractivity (Wildman–Crippen MR) is 43.4 cm³/mol. The minimum absolute atomic E-state index is 0.0162. The van der Waals surface area contributed by atoms with Crippen molar-refractivity contribution in [3.63, 3.8) is 0 Å². The van der Waals surface area contributed by atoms with Crippen molar-refractivity contribution in [2.45, 2.75) is 0 Å². The van der Waals surface area contributed by atoms with E-state index in [1.165, 1.54) is 0 Å². The molecule has 0 amide bonds. The fourth-order valence-corrected chi connectivity index (χ4v) is 1.48. The maximum absolute atomic E-state index is 11.3. The average molecular weight is 226 g/mol. The van der Waals surface area contributed by atoms with Crippen molar-refractivity contribution in [2.75, 3.05) is 7.04 Å². The van der Waals surface area contributed by atoms with E-state index < -0.39 is 13.0 Å². The number of rotatable bonds is 1. The van der Waals surface area contributed by atoms with E-state index in [0.29, 0.717) is 11.3 Å². The molecule has 0 spiro atoms. The molecule has 1 rings (SSSR count). The van der Waals surface area contributed by atoms with Crippen LogP contribution < -0.4 is 0 Å². The molecular weight excluding hydrogens is 216 g/mol. The number of hydrogen-bond acceptors (Lipinski definition) is 3. The minimum Gasteiger partial charge on any atom is -0.465 e. The molecule has 1 aromatic heterocycles. The Balaban J connectivity index is 2.98. The van der Waals surface area contributed by atoms with Gasteiger partial charge >= 0.3 is 5.97 Å². The van der Waals surface area contributed by atoms with Crippen LogP contribution in [0, 0.1) is 0 Å². The van der Waals surface area contributed by atoms with Gasteiger partial charge in [0.15, 0.2) is 0 Å². The van der Waals surface area contributed by atoms with E-state index in [2.05, 4.69) is 20.7 Å². The average Bonchev–Trinajstić information content (AvgIpc) is 2.30. The van der Waals surface area contributed by atoms with E-state index in [0.717, 1.165) is 0 Å². The summed E-state index contributed by atoms with van der Waals surface area (Å²) < 4.78 is 39.2. The Kier molecular flexibility index (Phi) is 1.06. The number of thiophene rings is 1. The van der Waals surface area contributed by atoms with Gasteiger partial charge in [-0.15, -0.1) is 11.3 Å². The Morgan fingerprint density at radius 3 is 3.40 bits per heavy atom. The van der Waals surface area contributed by atoms with Crippen molar-refractivity contribution < 1.29 is 16.4 Å². The third kappa shape index (κ3) is 1.58. The maximum Gasteiger partial charge on any atom is 0.348 e. The van der Waals surface area contributed by atoms with Crippen LogP contribution in [-0.4, -0.2) is 13.0 Å². The molecule has 0 unspecified atom stereocenters. The van der Waals surface area contributed by atoms with Gasteiger partial charge < -0.3 is 4.74 Å². The highest BCUT2D eigenvalue weighted by atomic mass is 79.9. The van der Waals surface area contributed by atoms with Crippen LogP contribution in [0.4, 0.5) is 0 Å². The molecular formula is C6H5BrO2S. The first-order valence-corrected chi connectivity index (χ1v) is 3.82. The second kappa shape index (κ2) is 3.16. The molecule has 0 atom stereocenters. The number of ether oxygens (including phenoxy) is 1. The number of methoxy groups -OCH3 is 1. The van der Waals surface area contributed by atoms with Gasteiger partial charge in [0.25, 0.3) is 0 Å². The van der Waals surface area contributed by atoms with E-state index >= 15 is 0 Å². The van der Waals surface area contributed by atoms with Crippen molar-refractivity contribution in [3.8, 4) is 0 Å². The Hall–Kier alpha value is -0.350. The topological polar surface area (TPSA) is 26.3 Å². The number of carbonyl (C=O) groups is 1. The van der Waals surface area contributed by atoms with Crippen LogP contribution in [0.25, 0.3) is 0 Å². The van der Waals surface area contributed by atoms with Gasteiger partial charge in [0, 0.05) is 9.83 Å². The van der Waals surface area contributed by atoms with Crippen LogP contribution in [0.5, 0.6) is 0 Å². The molecule has 0 aliphatic heterocycles. The third-order valence-electron chi connectivity index (χ3n) is 0.744. The Morgan fingerprint density at radius 1 is 2.10 bits per heavy atom. The lowest BCUT2D eigenvalue weighted by atomic mass is 10.5. The molecule has 10 heavy (non-hydrogen) atoms. The van der Waals surface area contributed by atoms with Crippen LogP contribution in [0.3, 0.4) is 0 Å². The molecule has 0 bridgehead atoms. The molecule has 1 heterocycles. The lowest BCUT2D eigenvalue weighted by molar-refractivity contribution is 0.0606. The quantitative estimate of drug-likeness (QED) is 0.687. The fraction of sp³-hybridized carbons (Fsp3) is 0.167. The number of halogens is 1. The summed E-state index contributed by atoms with van der Waals surface area (Å²) >= 11 is 3.63. The lowest BCUT2D eigenvalue weighted by Crippen LogP contribution is -1.96. The predicted octanol–water partition coefficient (Wildman–Crippen LogP) is 2.30. The zero-order valence-corrected chi connectivity index (χ0v) is 7.01. The molecule has 0 aliphatic rings. The van der Waals surface area contributed by atoms with E-state index in [4.69, 9.17) is 6.85 Å². The monoisotopic (exact) mass is 225 g/mol. The number of carbonyl (C=O) groups excluding carboxylic acids is 1. The molecule has 0 saturated carbocycles. The third-order valence-corrected chi connectivity index (χ3v) is 2.18. The zero-order valence-electron chi connectivity index (χ0n) is 9.60. The first-order valence-electron chi connectivity index (χ1n) is 4.71. The van der Waals surface area contributed by atoms with Crippen molar-refractivity contribution in [3.05, 3.63) is 20.7 Å². The van der Waals surface area contributed by atoms with Gasteiger partial charge in [-0.05, 0) is 22.0 Å². The summed E-state index contributed by atoms with van der Waals surface area (Å²) in [4.78, 5) is 11.1. The van der Waals surface area contributed by atoms with E-state index in [1.807, 2.05) is 0 Å². The summed E-state index contributed by atoms with van der Waals surface area (Å²) in [7, 11) is -2.83.